The first-order valence-corrected chi connectivity index (χ1v) is 7.73. The highest BCUT2D eigenvalue weighted by atomic mass is 32.1. The molecule has 1 aliphatic heterocycles. The second kappa shape index (κ2) is 5.50. The number of thiophene rings is 1. The van der Waals surface area contributed by atoms with Gasteiger partial charge in [0.2, 0.25) is 5.91 Å². The highest BCUT2D eigenvalue weighted by Crippen LogP contribution is 2.41. The van der Waals surface area contributed by atoms with Crippen molar-refractivity contribution in [1.29, 1.82) is 0 Å². The third-order valence-electron chi connectivity index (χ3n) is 3.50. The maximum Gasteiger partial charge on any atom is 0.248 e. The molecule has 1 amide bonds. The van der Waals surface area contributed by atoms with E-state index in [0.29, 0.717) is 24.3 Å². The van der Waals surface area contributed by atoms with Crippen LogP contribution in [0.2, 0.25) is 0 Å². The van der Waals surface area contributed by atoms with Crippen LogP contribution in [-0.2, 0) is 12.8 Å². The molecule has 3 N–H and O–H groups in total. The van der Waals surface area contributed by atoms with Gasteiger partial charge in [-0.05, 0) is 36.8 Å². The Kier molecular flexibility index (Phi) is 3.69. The number of benzene rings is 1. The van der Waals surface area contributed by atoms with E-state index < -0.39 is 5.91 Å². The monoisotopic (exact) mass is 303 g/mol. The number of nitrogens with two attached hydrogens (primary N) is 1. The van der Waals surface area contributed by atoms with Crippen molar-refractivity contribution in [2.75, 3.05) is 6.61 Å². The Labute approximate surface area is 127 Å². The van der Waals surface area contributed by atoms with E-state index in [9.17, 15) is 9.90 Å². The van der Waals surface area contributed by atoms with E-state index in [0.717, 1.165) is 16.9 Å². The summed E-state index contributed by atoms with van der Waals surface area (Å²) in [4.78, 5) is 13.6. The summed E-state index contributed by atoms with van der Waals surface area (Å²) in [5.41, 5.74) is 8.01. The molecule has 4 nitrogen and oxygen atoms in total. The molecule has 0 saturated heterocycles. The summed E-state index contributed by atoms with van der Waals surface area (Å²) < 4.78 is 5.75. The molecule has 21 heavy (non-hydrogen) atoms. The van der Waals surface area contributed by atoms with Crippen LogP contribution in [-0.4, -0.2) is 23.7 Å². The second-order valence-electron chi connectivity index (χ2n) is 5.29. The average Bonchev–Trinajstić information content (AvgIpc) is 2.72. The fraction of sp³-hybridized carbons (Fsp3) is 0.312. The van der Waals surface area contributed by atoms with Crippen LogP contribution in [0.5, 0.6) is 5.75 Å². The smallest absolute Gasteiger partial charge is 0.248 e. The molecule has 0 unspecified atom stereocenters. The molecule has 1 aromatic carbocycles. The number of carbonyl (C=O) groups excluding carboxylic acids is 1. The van der Waals surface area contributed by atoms with Gasteiger partial charge >= 0.3 is 0 Å². The first-order chi connectivity index (χ1) is 10.0. The third-order valence-corrected chi connectivity index (χ3v) is 4.73. The molecule has 5 heteroatoms. The van der Waals surface area contributed by atoms with E-state index >= 15 is 0 Å². The highest BCUT2D eigenvalue weighted by molar-refractivity contribution is 7.15. The maximum absolute atomic E-state index is 11.3. The van der Waals surface area contributed by atoms with E-state index in [1.165, 1.54) is 10.4 Å². The fourth-order valence-electron chi connectivity index (χ4n) is 2.54. The predicted molar refractivity (Wildman–Crippen MR) is 82.9 cm³/mol. The topological polar surface area (TPSA) is 72.5 Å². The Balaban J connectivity index is 2.06. The quantitative estimate of drug-likeness (QED) is 0.914. The minimum absolute atomic E-state index is 0.347. The zero-order valence-electron chi connectivity index (χ0n) is 11.8. The molecule has 0 radical (unpaired) electrons. The Bertz CT molecular complexity index is 691. The van der Waals surface area contributed by atoms with Gasteiger partial charge in [-0.3, -0.25) is 4.79 Å². The van der Waals surface area contributed by atoms with Crippen molar-refractivity contribution in [3.8, 4) is 16.2 Å². The van der Waals surface area contributed by atoms with Crippen molar-refractivity contribution < 1.29 is 14.6 Å². The van der Waals surface area contributed by atoms with Crippen LogP contribution in [0.15, 0.2) is 24.3 Å². The fourth-order valence-corrected chi connectivity index (χ4v) is 3.90. The van der Waals surface area contributed by atoms with Crippen molar-refractivity contribution in [2.45, 2.75) is 25.9 Å². The summed E-state index contributed by atoms with van der Waals surface area (Å²) >= 11 is 1.68. The Morgan fingerprint density at radius 1 is 1.48 bits per heavy atom. The lowest BCUT2D eigenvalue weighted by Crippen LogP contribution is -2.11. The molecule has 3 rings (SSSR count). The first-order valence-electron chi connectivity index (χ1n) is 6.91. The Morgan fingerprint density at radius 3 is 3.00 bits per heavy atom. The molecule has 2 heterocycles. The lowest BCUT2D eigenvalue weighted by Gasteiger charge is -2.08. The molecule has 0 aliphatic carbocycles. The van der Waals surface area contributed by atoms with Crippen molar-refractivity contribution in [3.63, 3.8) is 0 Å². The molecule has 110 valence electrons. The van der Waals surface area contributed by atoms with Crippen molar-refractivity contribution in [1.82, 2.24) is 0 Å². The van der Waals surface area contributed by atoms with E-state index in [4.69, 9.17) is 10.5 Å². The van der Waals surface area contributed by atoms with Gasteiger partial charge in [0.1, 0.15) is 5.75 Å². The van der Waals surface area contributed by atoms with Gasteiger partial charge < -0.3 is 15.6 Å². The zero-order valence-corrected chi connectivity index (χ0v) is 12.6. The van der Waals surface area contributed by atoms with Crippen LogP contribution in [0.1, 0.15) is 27.7 Å². The number of aliphatic hydroxyl groups is 1. The van der Waals surface area contributed by atoms with Gasteiger partial charge in [-0.2, -0.15) is 0 Å². The highest BCUT2D eigenvalue weighted by Gasteiger charge is 2.20. The summed E-state index contributed by atoms with van der Waals surface area (Å²) in [5, 5.41) is 9.55. The molecule has 0 spiro atoms. The van der Waals surface area contributed by atoms with E-state index in [1.807, 2.05) is 6.07 Å². The van der Waals surface area contributed by atoms with E-state index in [-0.39, 0.29) is 6.10 Å². The number of carbonyl (C=O) groups is 1. The summed E-state index contributed by atoms with van der Waals surface area (Å²) in [6.45, 7) is 2.37. The molecular formula is C16H17NO3S. The van der Waals surface area contributed by atoms with Crippen LogP contribution in [0.3, 0.4) is 0 Å². The third kappa shape index (κ3) is 2.80. The molecule has 0 saturated carbocycles. The van der Waals surface area contributed by atoms with Gasteiger partial charge in [0.25, 0.3) is 0 Å². The van der Waals surface area contributed by atoms with Crippen molar-refractivity contribution >= 4 is 17.2 Å². The number of hydrogen-bond donors (Lipinski definition) is 2. The van der Waals surface area contributed by atoms with Crippen LogP contribution in [0, 0.1) is 0 Å². The van der Waals surface area contributed by atoms with Gasteiger partial charge in [0, 0.05) is 33.7 Å². The van der Waals surface area contributed by atoms with Gasteiger partial charge in [-0.15, -0.1) is 11.3 Å². The van der Waals surface area contributed by atoms with Crippen LogP contribution < -0.4 is 10.5 Å². The lowest BCUT2D eigenvalue weighted by molar-refractivity contribution is 0.1000. The zero-order chi connectivity index (χ0) is 15.0. The SMILES string of the molecule is C[C@@H](O)Cc1cc2c(s1)-c1ccc(C(N)=O)cc1OCC2. The average molecular weight is 303 g/mol. The summed E-state index contributed by atoms with van der Waals surface area (Å²) in [6, 6.07) is 7.48. The van der Waals surface area contributed by atoms with E-state index in [2.05, 4.69) is 6.07 Å². The number of primary amides is 1. The Morgan fingerprint density at radius 2 is 2.29 bits per heavy atom. The standard InChI is InChI=1S/C16H17NO3S/c1-9(18)6-12-7-10-4-5-20-14-8-11(16(17)19)2-3-13(14)15(10)21-12/h2-3,7-9,18H,4-6H2,1H3,(H2,17,19)/t9-/m1/s1. The molecular weight excluding hydrogens is 286 g/mol. The minimum atomic E-state index is -0.452. The molecule has 0 fully saturated rings. The summed E-state index contributed by atoms with van der Waals surface area (Å²) in [7, 11) is 0. The van der Waals surface area contributed by atoms with Gasteiger partial charge in [0.05, 0.1) is 12.7 Å². The van der Waals surface area contributed by atoms with Crippen molar-refractivity contribution in [3.05, 3.63) is 40.3 Å². The predicted octanol–water partition coefficient (Wildman–Crippen LogP) is 2.37. The number of fused-ring (bicyclic) bond motifs is 3. The normalized spacial score (nSPS) is 14.6. The Hall–Kier alpha value is -1.85. The minimum Gasteiger partial charge on any atom is -0.493 e. The van der Waals surface area contributed by atoms with Crippen LogP contribution in [0.25, 0.3) is 10.4 Å². The molecule has 1 aliphatic rings. The maximum atomic E-state index is 11.3. The van der Waals surface area contributed by atoms with Gasteiger partial charge in [-0.25, -0.2) is 0 Å². The van der Waals surface area contributed by atoms with Crippen molar-refractivity contribution in [2.24, 2.45) is 5.73 Å². The lowest BCUT2D eigenvalue weighted by atomic mass is 10.0. The molecule has 1 aromatic heterocycles. The number of ether oxygens (including phenoxy) is 1. The molecule has 1 atom stereocenters. The summed E-state index contributed by atoms with van der Waals surface area (Å²) in [6.07, 6.45) is 1.14. The number of amides is 1. The largest absolute Gasteiger partial charge is 0.493 e. The molecule has 2 aromatic rings. The number of aliphatic hydroxyl groups excluding tert-OH is 1. The van der Waals surface area contributed by atoms with E-state index in [1.54, 1.807) is 30.4 Å². The van der Waals surface area contributed by atoms with Gasteiger partial charge in [-0.1, -0.05) is 0 Å². The number of rotatable bonds is 3. The number of hydrogen-bond acceptors (Lipinski definition) is 4. The van der Waals surface area contributed by atoms with Gasteiger partial charge in [0.15, 0.2) is 0 Å². The van der Waals surface area contributed by atoms with Crippen LogP contribution in [0.4, 0.5) is 0 Å². The summed E-state index contributed by atoms with van der Waals surface area (Å²) in [5.74, 6) is 0.252. The van der Waals surface area contributed by atoms with Crippen LogP contribution >= 0.6 is 11.3 Å². The molecule has 0 bridgehead atoms. The second-order valence-corrected chi connectivity index (χ2v) is 6.43. The first kappa shape index (κ1) is 14.1.